The highest BCUT2D eigenvalue weighted by Crippen LogP contribution is 2.28. The Labute approximate surface area is 116 Å². The van der Waals surface area contributed by atoms with Crippen LogP contribution in [0.3, 0.4) is 0 Å². The molecule has 2 N–H and O–H groups in total. The van der Waals surface area contributed by atoms with Crippen LogP contribution >= 0.6 is 11.6 Å². The number of hydrogen-bond donors (Lipinski definition) is 2. The minimum absolute atomic E-state index is 0.263. The van der Waals surface area contributed by atoms with E-state index in [-0.39, 0.29) is 10.7 Å². The molecule has 0 aliphatic carbocycles. The second kappa shape index (κ2) is 6.63. The van der Waals surface area contributed by atoms with Crippen LogP contribution < -0.4 is 9.46 Å². The zero-order chi connectivity index (χ0) is 14.5. The topological polar surface area (TPSA) is 92.7 Å². The zero-order valence-corrected chi connectivity index (χ0v) is 11.8. The number of nitrogens with one attached hydrogen (secondary N) is 1. The number of carboxylic acid groups (broad SMARTS) is 1. The number of aliphatic carboxylic acids is 1. The van der Waals surface area contributed by atoms with Crippen molar-refractivity contribution in [2.75, 3.05) is 17.1 Å². The lowest BCUT2D eigenvalue weighted by molar-refractivity contribution is -0.136. The lowest BCUT2D eigenvalue weighted by atomic mass is 10.3. The van der Waals surface area contributed by atoms with Crippen molar-refractivity contribution in [2.24, 2.45) is 0 Å². The van der Waals surface area contributed by atoms with E-state index in [2.05, 4.69) is 4.72 Å². The number of carboxylic acids is 1. The van der Waals surface area contributed by atoms with Gasteiger partial charge in [0, 0.05) is 0 Å². The molecule has 0 unspecified atom stereocenters. The minimum Gasteiger partial charge on any atom is -0.492 e. The first kappa shape index (κ1) is 15.6. The monoisotopic (exact) mass is 307 g/mol. The molecule has 0 aliphatic rings. The number of benzene rings is 1. The fourth-order valence-corrected chi connectivity index (χ4v) is 2.56. The summed E-state index contributed by atoms with van der Waals surface area (Å²) in [5.74, 6) is -1.21. The second-order valence-electron chi connectivity index (χ2n) is 3.64. The van der Waals surface area contributed by atoms with E-state index in [1.807, 2.05) is 0 Å². The zero-order valence-electron chi connectivity index (χ0n) is 10.2. The summed E-state index contributed by atoms with van der Waals surface area (Å²) >= 11 is 5.91. The summed E-state index contributed by atoms with van der Waals surface area (Å²) in [7, 11) is -3.70. The first-order valence-corrected chi connectivity index (χ1v) is 7.51. The Morgan fingerprint density at radius 3 is 2.68 bits per heavy atom. The Morgan fingerprint density at radius 1 is 1.47 bits per heavy atom. The van der Waals surface area contributed by atoms with Gasteiger partial charge in [-0.15, -0.1) is 0 Å². The third-order valence-electron chi connectivity index (χ3n) is 2.09. The molecule has 1 aromatic rings. The van der Waals surface area contributed by atoms with Crippen molar-refractivity contribution >= 4 is 33.3 Å². The summed E-state index contributed by atoms with van der Waals surface area (Å²) < 4.78 is 30.6. The summed E-state index contributed by atoms with van der Waals surface area (Å²) in [6.45, 7) is 2.25. The van der Waals surface area contributed by atoms with E-state index in [4.69, 9.17) is 21.4 Å². The van der Waals surface area contributed by atoms with E-state index >= 15 is 0 Å². The highest BCUT2D eigenvalue weighted by Gasteiger charge is 2.13. The Hall–Kier alpha value is -1.47. The second-order valence-corrected chi connectivity index (χ2v) is 5.89. The Morgan fingerprint density at radius 2 is 2.16 bits per heavy atom. The van der Waals surface area contributed by atoms with Gasteiger partial charge in [-0.2, -0.15) is 0 Å². The summed E-state index contributed by atoms with van der Waals surface area (Å²) in [6.07, 6.45) is -0.458. The number of rotatable bonds is 7. The summed E-state index contributed by atoms with van der Waals surface area (Å²) in [5.41, 5.74) is 0.263. The molecule has 6 nitrogen and oxygen atoms in total. The molecule has 8 heteroatoms. The van der Waals surface area contributed by atoms with Gasteiger partial charge in [0.2, 0.25) is 10.0 Å². The predicted octanol–water partition coefficient (Wildman–Crippen LogP) is 1.96. The van der Waals surface area contributed by atoms with E-state index in [0.717, 1.165) is 0 Å². The molecule has 1 rings (SSSR count). The number of ether oxygens (including phenoxy) is 1. The maximum atomic E-state index is 11.6. The van der Waals surface area contributed by atoms with Crippen LogP contribution in [0.4, 0.5) is 5.69 Å². The average Bonchev–Trinajstić information content (AvgIpc) is 2.30. The van der Waals surface area contributed by atoms with E-state index in [9.17, 15) is 13.2 Å². The molecule has 0 aromatic heterocycles. The number of halogens is 1. The quantitative estimate of drug-likeness (QED) is 0.803. The van der Waals surface area contributed by atoms with Gasteiger partial charge in [-0.1, -0.05) is 11.6 Å². The molecule has 106 valence electrons. The molecule has 0 aliphatic heterocycles. The molecule has 0 saturated heterocycles. The van der Waals surface area contributed by atoms with Crippen LogP contribution in [-0.2, 0) is 14.8 Å². The van der Waals surface area contributed by atoms with Gasteiger partial charge < -0.3 is 9.84 Å². The molecule has 19 heavy (non-hydrogen) atoms. The molecule has 0 amide bonds. The van der Waals surface area contributed by atoms with Gasteiger partial charge in [0.1, 0.15) is 5.75 Å². The van der Waals surface area contributed by atoms with Crippen LogP contribution in [0.25, 0.3) is 0 Å². The summed E-state index contributed by atoms with van der Waals surface area (Å²) in [5, 5.41) is 8.73. The van der Waals surface area contributed by atoms with Gasteiger partial charge >= 0.3 is 5.97 Å². The normalized spacial score (nSPS) is 11.1. The summed E-state index contributed by atoms with van der Waals surface area (Å²) in [4.78, 5) is 10.3. The van der Waals surface area contributed by atoms with Crippen LogP contribution in [0.15, 0.2) is 18.2 Å². The smallest absolute Gasteiger partial charge is 0.304 e. The van der Waals surface area contributed by atoms with Crippen molar-refractivity contribution < 1.29 is 23.1 Å². The van der Waals surface area contributed by atoms with E-state index in [1.165, 1.54) is 12.1 Å². The number of sulfonamides is 1. The molecule has 1 aromatic carbocycles. The first-order valence-electron chi connectivity index (χ1n) is 5.48. The van der Waals surface area contributed by atoms with Crippen molar-refractivity contribution in [2.45, 2.75) is 13.3 Å². The fourth-order valence-electron chi connectivity index (χ4n) is 1.29. The third kappa shape index (κ3) is 5.35. The van der Waals surface area contributed by atoms with Crippen molar-refractivity contribution in [1.29, 1.82) is 0 Å². The molecular formula is C11H14ClNO5S. The maximum absolute atomic E-state index is 11.6. The van der Waals surface area contributed by atoms with Crippen molar-refractivity contribution in [3.05, 3.63) is 23.2 Å². The lowest BCUT2D eigenvalue weighted by Crippen LogP contribution is -2.18. The Kier molecular flexibility index (Phi) is 5.44. The van der Waals surface area contributed by atoms with E-state index < -0.39 is 28.2 Å². The SMILES string of the molecule is CCOc1ccc(NS(=O)(=O)CCC(=O)O)cc1Cl. The highest BCUT2D eigenvalue weighted by molar-refractivity contribution is 7.92. The summed E-state index contributed by atoms with van der Waals surface area (Å²) in [6, 6.07) is 4.45. The van der Waals surface area contributed by atoms with Crippen LogP contribution in [0.1, 0.15) is 13.3 Å². The predicted molar refractivity (Wildman–Crippen MR) is 72.3 cm³/mol. The third-order valence-corrected chi connectivity index (χ3v) is 3.67. The maximum Gasteiger partial charge on any atom is 0.304 e. The Bertz CT molecular complexity index is 558. The van der Waals surface area contributed by atoms with E-state index in [1.54, 1.807) is 13.0 Å². The van der Waals surface area contributed by atoms with Crippen LogP contribution in [0.2, 0.25) is 5.02 Å². The number of anilines is 1. The number of carbonyl (C=O) groups is 1. The van der Waals surface area contributed by atoms with Gasteiger partial charge in [-0.3, -0.25) is 9.52 Å². The van der Waals surface area contributed by atoms with Crippen LogP contribution in [-0.4, -0.2) is 31.9 Å². The molecular weight excluding hydrogens is 294 g/mol. The number of hydrogen-bond acceptors (Lipinski definition) is 4. The largest absolute Gasteiger partial charge is 0.492 e. The molecule has 0 atom stereocenters. The molecule has 0 bridgehead atoms. The highest BCUT2D eigenvalue weighted by atomic mass is 35.5. The molecule has 0 saturated carbocycles. The van der Waals surface area contributed by atoms with Gasteiger partial charge in [-0.05, 0) is 25.1 Å². The minimum atomic E-state index is -3.70. The van der Waals surface area contributed by atoms with E-state index in [0.29, 0.717) is 12.4 Å². The molecule has 0 fully saturated rings. The first-order chi connectivity index (χ1) is 8.84. The fraction of sp³-hybridized carbons (Fsp3) is 0.364. The van der Waals surface area contributed by atoms with Gasteiger partial charge in [-0.25, -0.2) is 8.42 Å². The van der Waals surface area contributed by atoms with Gasteiger partial charge in [0.15, 0.2) is 0 Å². The standard InChI is InChI=1S/C11H14ClNO5S/c1-2-18-10-4-3-8(7-9(10)12)13-19(16,17)6-5-11(14)15/h3-4,7,13H,2,5-6H2,1H3,(H,14,15). The van der Waals surface area contributed by atoms with Gasteiger partial charge in [0.25, 0.3) is 0 Å². The average molecular weight is 308 g/mol. The lowest BCUT2D eigenvalue weighted by Gasteiger charge is -2.10. The van der Waals surface area contributed by atoms with Crippen molar-refractivity contribution in [3.8, 4) is 5.75 Å². The van der Waals surface area contributed by atoms with Crippen molar-refractivity contribution in [1.82, 2.24) is 0 Å². The van der Waals surface area contributed by atoms with Gasteiger partial charge in [0.05, 0.1) is 29.5 Å². The molecule has 0 spiro atoms. The molecule has 0 heterocycles. The van der Waals surface area contributed by atoms with Crippen LogP contribution in [0, 0.1) is 0 Å². The van der Waals surface area contributed by atoms with Crippen molar-refractivity contribution in [3.63, 3.8) is 0 Å². The van der Waals surface area contributed by atoms with Crippen LogP contribution in [0.5, 0.6) is 5.75 Å². The Balaban J connectivity index is 2.77. The molecule has 0 radical (unpaired) electrons.